The van der Waals surface area contributed by atoms with Gasteiger partial charge in [0.15, 0.2) is 0 Å². The molecule has 5 nitrogen and oxygen atoms in total. The highest BCUT2D eigenvalue weighted by Crippen LogP contribution is 2.40. The third kappa shape index (κ3) is 5.06. The summed E-state index contributed by atoms with van der Waals surface area (Å²) in [5.74, 6) is 0. The molecule has 8 aromatic carbocycles. The smallest absolute Gasteiger partial charge is 0.0865 e. The van der Waals surface area contributed by atoms with Gasteiger partial charge in [0.25, 0.3) is 0 Å². The lowest BCUT2D eigenvalue weighted by atomic mass is 10.0. The Hall–Kier alpha value is -6.50. The second kappa shape index (κ2) is 12.6. The van der Waals surface area contributed by atoms with E-state index in [4.69, 9.17) is 0 Å². The van der Waals surface area contributed by atoms with Crippen LogP contribution in [0.1, 0.15) is 35.2 Å². The van der Waals surface area contributed by atoms with Gasteiger partial charge < -0.3 is 9.13 Å². The normalized spacial score (nSPS) is 17.6. The van der Waals surface area contributed by atoms with Crippen molar-refractivity contribution in [2.45, 2.75) is 18.5 Å². The number of nitrogens with zero attached hydrogens (tertiary/aromatic N) is 2. The number of hydrogen-bond donors (Lipinski definition) is 3. The average molecular weight is 696 g/mol. The van der Waals surface area contributed by atoms with Gasteiger partial charge in [0, 0.05) is 32.9 Å². The van der Waals surface area contributed by atoms with Crippen molar-refractivity contribution in [1.82, 2.24) is 25.1 Å². The molecule has 3 heterocycles. The summed E-state index contributed by atoms with van der Waals surface area (Å²) in [6, 6.07) is 68.1. The molecule has 0 bridgehead atoms. The second-order valence-electron chi connectivity index (χ2n) is 14.3. The molecule has 10 aromatic rings. The SMILES string of the molecule is c1ccc(C2NC(c3cccc(-n4c5ccccc5c5cc6c7ccccc7n(-c7ccccc7)c6cc54)c3)NC(c3ccc4ccccc4c3)N2)cc1. The van der Waals surface area contributed by atoms with Gasteiger partial charge in [0.1, 0.15) is 0 Å². The van der Waals surface area contributed by atoms with Crippen molar-refractivity contribution in [3.05, 3.63) is 205 Å². The van der Waals surface area contributed by atoms with E-state index in [9.17, 15) is 0 Å². The molecule has 3 atom stereocenters. The number of aromatic nitrogens is 2. The Morgan fingerprint density at radius 2 is 0.796 bits per heavy atom. The number of nitrogens with one attached hydrogen (secondary N) is 3. The van der Waals surface area contributed by atoms with Gasteiger partial charge in [-0.1, -0.05) is 133 Å². The molecule has 1 aliphatic rings. The van der Waals surface area contributed by atoms with Crippen LogP contribution < -0.4 is 16.0 Å². The minimum atomic E-state index is -0.117. The number of rotatable bonds is 5. The maximum absolute atomic E-state index is 3.93. The van der Waals surface area contributed by atoms with E-state index in [0.29, 0.717) is 0 Å². The minimum absolute atomic E-state index is 0.0565. The van der Waals surface area contributed by atoms with E-state index in [0.717, 1.165) is 11.4 Å². The van der Waals surface area contributed by atoms with Crippen LogP contribution in [0.4, 0.5) is 0 Å². The zero-order chi connectivity index (χ0) is 35.6. The van der Waals surface area contributed by atoms with Crippen molar-refractivity contribution < 1.29 is 0 Å². The molecular weight excluding hydrogens is 659 g/mol. The molecule has 258 valence electrons. The molecule has 1 aliphatic heterocycles. The van der Waals surface area contributed by atoms with E-state index in [2.05, 4.69) is 213 Å². The first-order valence-corrected chi connectivity index (χ1v) is 18.7. The fourth-order valence-corrected chi connectivity index (χ4v) is 8.66. The fraction of sp³-hybridized carbons (Fsp3) is 0.0612. The summed E-state index contributed by atoms with van der Waals surface area (Å²) in [7, 11) is 0. The second-order valence-corrected chi connectivity index (χ2v) is 14.3. The Bertz CT molecular complexity index is 3000. The highest BCUT2D eigenvalue weighted by Gasteiger charge is 2.30. The fourth-order valence-electron chi connectivity index (χ4n) is 8.66. The summed E-state index contributed by atoms with van der Waals surface area (Å²) < 4.78 is 4.85. The van der Waals surface area contributed by atoms with Crippen LogP contribution in [0.15, 0.2) is 188 Å². The van der Waals surface area contributed by atoms with Gasteiger partial charge in [-0.25, -0.2) is 0 Å². The summed E-state index contributed by atoms with van der Waals surface area (Å²) in [6.07, 6.45) is -0.247. The highest BCUT2D eigenvalue weighted by atomic mass is 15.4. The average Bonchev–Trinajstić information content (AvgIpc) is 3.75. The van der Waals surface area contributed by atoms with E-state index in [1.54, 1.807) is 0 Å². The van der Waals surface area contributed by atoms with Crippen LogP contribution in [0.3, 0.4) is 0 Å². The Labute approximate surface area is 313 Å². The van der Waals surface area contributed by atoms with Crippen LogP contribution in [0.2, 0.25) is 0 Å². The maximum Gasteiger partial charge on any atom is 0.0865 e. The van der Waals surface area contributed by atoms with Gasteiger partial charge in [0.05, 0.1) is 40.6 Å². The van der Waals surface area contributed by atoms with Crippen molar-refractivity contribution in [2.75, 3.05) is 0 Å². The monoisotopic (exact) mass is 695 g/mol. The Morgan fingerprint density at radius 3 is 1.48 bits per heavy atom. The van der Waals surface area contributed by atoms with Crippen molar-refractivity contribution >= 4 is 54.4 Å². The molecule has 1 saturated heterocycles. The summed E-state index contributed by atoms with van der Waals surface area (Å²) >= 11 is 0. The first-order chi connectivity index (χ1) is 26.8. The summed E-state index contributed by atoms with van der Waals surface area (Å²) in [5, 5.41) is 19.2. The molecule has 0 saturated carbocycles. The van der Waals surface area contributed by atoms with E-state index in [1.165, 1.54) is 71.1 Å². The molecule has 0 radical (unpaired) electrons. The molecule has 11 rings (SSSR count). The summed E-state index contributed by atoms with van der Waals surface area (Å²) in [6.45, 7) is 0. The molecule has 5 heteroatoms. The minimum Gasteiger partial charge on any atom is -0.309 e. The van der Waals surface area contributed by atoms with Gasteiger partial charge in [-0.15, -0.1) is 0 Å². The lowest BCUT2D eigenvalue weighted by Gasteiger charge is -2.39. The predicted octanol–water partition coefficient (Wildman–Crippen LogP) is 11.2. The molecule has 0 spiro atoms. The molecule has 3 N–H and O–H groups in total. The van der Waals surface area contributed by atoms with Crippen LogP contribution in [-0.4, -0.2) is 9.13 Å². The highest BCUT2D eigenvalue weighted by molar-refractivity contribution is 6.19. The van der Waals surface area contributed by atoms with Crippen molar-refractivity contribution in [3.8, 4) is 11.4 Å². The van der Waals surface area contributed by atoms with Gasteiger partial charge in [-0.05, 0) is 82.1 Å². The van der Waals surface area contributed by atoms with Crippen LogP contribution >= 0.6 is 0 Å². The van der Waals surface area contributed by atoms with Gasteiger partial charge in [0.2, 0.25) is 0 Å². The zero-order valence-corrected chi connectivity index (χ0v) is 29.5. The first kappa shape index (κ1) is 31.1. The molecule has 54 heavy (non-hydrogen) atoms. The van der Waals surface area contributed by atoms with Gasteiger partial charge in [-0.2, -0.15) is 0 Å². The molecule has 0 amide bonds. The molecule has 1 fully saturated rings. The number of para-hydroxylation sites is 3. The standard InChI is InChI=1S/C49H37N5/c1-3-15-33(16-4-1)47-50-48(52-49(51-47)36-27-26-32-14-7-8-17-34(32)28-36)35-18-13-21-38(29-35)54-44-25-12-10-23-40(44)42-30-41-39-22-9-11-24-43(39)53(45(41)31-46(42)54)37-19-5-2-6-20-37/h1-31,47-52H. The lowest BCUT2D eigenvalue weighted by Crippen LogP contribution is -2.54. The molecule has 2 aromatic heterocycles. The largest absolute Gasteiger partial charge is 0.309 e. The van der Waals surface area contributed by atoms with E-state index in [1.807, 2.05) is 0 Å². The molecular formula is C49H37N5. The third-order valence-corrected chi connectivity index (χ3v) is 11.2. The van der Waals surface area contributed by atoms with Crippen molar-refractivity contribution in [2.24, 2.45) is 0 Å². The Kier molecular flexibility index (Phi) is 7.23. The topological polar surface area (TPSA) is 46.0 Å². The van der Waals surface area contributed by atoms with Crippen molar-refractivity contribution in [3.63, 3.8) is 0 Å². The van der Waals surface area contributed by atoms with Crippen LogP contribution in [0.25, 0.3) is 65.8 Å². The van der Waals surface area contributed by atoms with E-state index < -0.39 is 0 Å². The van der Waals surface area contributed by atoms with Crippen LogP contribution in [0, 0.1) is 0 Å². The van der Waals surface area contributed by atoms with Crippen LogP contribution in [-0.2, 0) is 0 Å². The Balaban J connectivity index is 1.07. The van der Waals surface area contributed by atoms with Crippen LogP contribution in [0.5, 0.6) is 0 Å². The summed E-state index contributed by atoms with van der Waals surface area (Å²) in [4.78, 5) is 0. The third-order valence-electron chi connectivity index (χ3n) is 11.2. The quantitative estimate of drug-likeness (QED) is 0.168. The van der Waals surface area contributed by atoms with E-state index >= 15 is 0 Å². The first-order valence-electron chi connectivity index (χ1n) is 18.7. The predicted molar refractivity (Wildman–Crippen MR) is 223 cm³/mol. The zero-order valence-electron chi connectivity index (χ0n) is 29.5. The lowest BCUT2D eigenvalue weighted by molar-refractivity contribution is 0.203. The summed E-state index contributed by atoms with van der Waals surface area (Å²) in [5.41, 5.74) is 10.6. The number of benzene rings is 8. The number of fused-ring (bicyclic) bond motifs is 7. The Morgan fingerprint density at radius 1 is 0.296 bits per heavy atom. The molecule has 3 unspecified atom stereocenters. The van der Waals surface area contributed by atoms with Gasteiger partial charge in [-0.3, -0.25) is 16.0 Å². The van der Waals surface area contributed by atoms with Gasteiger partial charge >= 0.3 is 0 Å². The number of hydrogen-bond acceptors (Lipinski definition) is 3. The van der Waals surface area contributed by atoms with Crippen molar-refractivity contribution in [1.29, 1.82) is 0 Å². The molecule has 0 aliphatic carbocycles. The van der Waals surface area contributed by atoms with E-state index in [-0.39, 0.29) is 18.5 Å². The maximum atomic E-state index is 3.93.